The third-order valence-corrected chi connectivity index (χ3v) is 9.57. The second-order valence-electron chi connectivity index (χ2n) is 11.9. The average Bonchev–Trinajstić information content (AvgIpc) is 2.88. The maximum absolute atomic E-state index is 15.0. The summed E-state index contributed by atoms with van der Waals surface area (Å²) in [5.41, 5.74) is -1.20. The number of ether oxygens (including phenoxy) is 2. The minimum absolute atomic E-state index is 0.0534. The maximum atomic E-state index is 15.0. The van der Waals surface area contributed by atoms with Gasteiger partial charge in [0.2, 0.25) is 0 Å². The number of hydrogen-bond acceptors (Lipinski definition) is 2. The van der Waals surface area contributed by atoms with E-state index in [0.29, 0.717) is 6.42 Å². The fraction of sp³-hybridized carbons (Fsp3) is 0.806. The smallest absolute Gasteiger partial charge is 0.422 e. The van der Waals surface area contributed by atoms with E-state index in [9.17, 15) is 17.6 Å². The van der Waals surface area contributed by atoms with Crippen molar-refractivity contribution in [1.82, 2.24) is 0 Å². The molecule has 1 aromatic rings. The Labute approximate surface area is 220 Å². The molecular weight excluding hydrogens is 480 g/mol. The normalized spacial score (nSPS) is 31.3. The lowest BCUT2D eigenvalue weighted by Gasteiger charge is -2.38. The summed E-state index contributed by atoms with van der Waals surface area (Å²) in [6.07, 6.45) is 12.8. The van der Waals surface area contributed by atoms with E-state index in [2.05, 4.69) is 6.92 Å². The van der Waals surface area contributed by atoms with Gasteiger partial charge in [-0.15, -0.1) is 0 Å². The van der Waals surface area contributed by atoms with Crippen LogP contribution in [0.2, 0.25) is 0 Å². The molecule has 1 aromatic carbocycles. The first-order valence-electron chi connectivity index (χ1n) is 14.9. The van der Waals surface area contributed by atoms with E-state index in [4.69, 9.17) is 9.47 Å². The Bertz CT molecular complexity index is 830. The van der Waals surface area contributed by atoms with Crippen LogP contribution < -0.4 is 4.74 Å². The lowest BCUT2D eigenvalue weighted by Crippen LogP contribution is -2.28. The van der Waals surface area contributed by atoms with Gasteiger partial charge in [-0.2, -0.15) is 13.2 Å². The molecule has 0 aromatic heterocycles. The molecule has 0 amide bonds. The number of rotatable bonds is 9. The molecular formula is C31H46F4O2. The van der Waals surface area contributed by atoms with Crippen LogP contribution >= 0.6 is 0 Å². The zero-order chi connectivity index (χ0) is 26.4. The van der Waals surface area contributed by atoms with Crippen LogP contribution in [0.5, 0.6) is 5.75 Å². The average molecular weight is 527 g/mol. The first-order chi connectivity index (χ1) is 17.8. The van der Waals surface area contributed by atoms with Crippen molar-refractivity contribution < 1.29 is 27.0 Å². The van der Waals surface area contributed by atoms with Gasteiger partial charge in [0.1, 0.15) is 17.1 Å². The number of alkyl halides is 3. The third kappa shape index (κ3) is 7.42. The third-order valence-electron chi connectivity index (χ3n) is 9.57. The Balaban J connectivity index is 1.20. The van der Waals surface area contributed by atoms with Gasteiger partial charge in [-0.05, 0) is 93.6 Å². The number of halogens is 4. The molecule has 4 rings (SSSR count). The fourth-order valence-corrected chi connectivity index (χ4v) is 7.44. The van der Waals surface area contributed by atoms with Gasteiger partial charge in [0.25, 0.3) is 0 Å². The zero-order valence-electron chi connectivity index (χ0n) is 22.8. The largest absolute Gasteiger partial charge is 0.493 e. The van der Waals surface area contributed by atoms with Crippen molar-refractivity contribution >= 4 is 0 Å². The summed E-state index contributed by atoms with van der Waals surface area (Å²) in [5, 5.41) is 0. The van der Waals surface area contributed by atoms with Crippen LogP contribution in [0.1, 0.15) is 121 Å². The molecule has 6 heteroatoms. The van der Waals surface area contributed by atoms with Gasteiger partial charge >= 0.3 is 6.18 Å². The van der Waals surface area contributed by atoms with Crippen LogP contribution in [0, 0.1) is 29.5 Å². The Morgan fingerprint density at radius 3 is 1.95 bits per heavy atom. The summed E-state index contributed by atoms with van der Waals surface area (Å²) >= 11 is 0. The molecule has 37 heavy (non-hydrogen) atoms. The van der Waals surface area contributed by atoms with Gasteiger partial charge in [-0.3, -0.25) is 0 Å². The topological polar surface area (TPSA) is 18.5 Å². The highest BCUT2D eigenvalue weighted by atomic mass is 19.4. The SMILES string of the molecule is CCCC1CCC(C2CCC(CCC3CCC(c4ccc(OCC)c(C(F)(F)F)c4F)CO3)CC2)CC1. The zero-order valence-corrected chi connectivity index (χ0v) is 22.8. The molecule has 2 atom stereocenters. The molecule has 3 aliphatic rings. The second-order valence-corrected chi connectivity index (χ2v) is 11.9. The highest BCUT2D eigenvalue weighted by Gasteiger charge is 2.40. The molecule has 0 spiro atoms. The van der Waals surface area contributed by atoms with Crippen molar-refractivity contribution in [2.75, 3.05) is 13.2 Å². The first kappa shape index (κ1) is 28.7. The van der Waals surface area contributed by atoms with Gasteiger partial charge in [-0.25, -0.2) is 4.39 Å². The molecule has 3 fully saturated rings. The quantitative estimate of drug-likeness (QED) is 0.298. The molecule has 1 heterocycles. The standard InChI is InChI=1S/C31H46F4O2/c1-3-5-21-6-11-23(12-7-21)24-13-8-22(9-14-24)10-16-26-17-15-25(20-37-26)27-18-19-28(36-4-2)29(30(27)32)31(33,34)35/h18-19,21-26H,3-17,20H2,1-2H3. The summed E-state index contributed by atoms with van der Waals surface area (Å²) in [5.74, 6) is 1.63. The van der Waals surface area contributed by atoms with Crippen molar-refractivity contribution in [3.63, 3.8) is 0 Å². The molecule has 1 saturated heterocycles. The van der Waals surface area contributed by atoms with Gasteiger partial charge < -0.3 is 9.47 Å². The summed E-state index contributed by atoms with van der Waals surface area (Å²) in [7, 11) is 0. The Morgan fingerprint density at radius 1 is 0.811 bits per heavy atom. The summed E-state index contributed by atoms with van der Waals surface area (Å²) < 4.78 is 66.7. The van der Waals surface area contributed by atoms with Crippen molar-refractivity contribution in [2.45, 2.75) is 122 Å². The Hall–Kier alpha value is -1.30. The Morgan fingerprint density at radius 2 is 1.43 bits per heavy atom. The van der Waals surface area contributed by atoms with E-state index in [1.807, 2.05) is 0 Å². The monoisotopic (exact) mass is 526 g/mol. The fourth-order valence-electron chi connectivity index (χ4n) is 7.44. The highest BCUT2D eigenvalue weighted by molar-refractivity contribution is 5.42. The summed E-state index contributed by atoms with van der Waals surface area (Å²) in [6, 6.07) is 2.70. The second kappa shape index (κ2) is 13.2. The molecule has 2 aliphatic carbocycles. The van der Waals surface area contributed by atoms with Crippen LogP contribution in [-0.2, 0) is 10.9 Å². The molecule has 0 N–H and O–H groups in total. The van der Waals surface area contributed by atoms with Crippen molar-refractivity contribution in [3.8, 4) is 5.75 Å². The molecule has 0 bridgehead atoms. The van der Waals surface area contributed by atoms with Crippen LogP contribution in [0.15, 0.2) is 12.1 Å². The molecule has 2 unspecified atom stereocenters. The molecule has 0 radical (unpaired) electrons. The molecule has 1 aliphatic heterocycles. The minimum atomic E-state index is -4.80. The van der Waals surface area contributed by atoms with E-state index in [-0.39, 0.29) is 30.8 Å². The summed E-state index contributed by atoms with van der Waals surface area (Å²) in [6.45, 7) is 4.23. The van der Waals surface area contributed by atoms with Crippen LogP contribution in [0.25, 0.3) is 0 Å². The molecule has 210 valence electrons. The van der Waals surface area contributed by atoms with Crippen LogP contribution in [-0.4, -0.2) is 19.3 Å². The van der Waals surface area contributed by atoms with E-state index in [0.717, 1.165) is 36.5 Å². The van der Waals surface area contributed by atoms with Gasteiger partial charge in [-0.1, -0.05) is 51.5 Å². The van der Waals surface area contributed by atoms with E-state index in [1.54, 1.807) is 6.92 Å². The lowest BCUT2D eigenvalue weighted by molar-refractivity contribution is -0.141. The van der Waals surface area contributed by atoms with E-state index in [1.165, 1.54) is 82.8 Å². The number of hydrogen-bond donors (Lipinski definition) is 0. The maximum Gasteiger partial charge on any atom is 0.422 e. The van der Waals surface area contributed by atoms with Crippen molar-refractivity contribution in [3.05, 3.63) is 29.1 Å². The first-order valence-corrected chi connectivity index (χ1v) is 14.9. The van der Waals surface area contributed by atoms with E-state index >= 15 is 0 Å². The van der Waals surface area contributed by atoms with Gasteiger partial charge in [0, 0.05) is 5.92 Å². The lowest BCUT2D eigenvalue weighted by atomic mass is 9.68. The van der Waals surface area contributed by atoms with Gasteiger partial charge in [0.15, 0.2) is 0 Å². The predicted molar refractivity (Wildman–Crippen MR) is 139 cm³/mol. The van der Waals surface area contributed by atoms with Crippen LogP contribution in [0.4, 0.5) is 17.6 Å². The predicted octanol–water partition coefficient (Wildman–Crippen LogP) is 9.70. The molecule has 2 saturated carbocycles. The van der Waals surface area contributed by atoms with Gasteiger partial charge in [0.05, 0.1) is 19.3 Å². The van der Waals surface area contributed by atoms with Crippen molar-refractivity contribution in [2.24, 2.45) is 23.7 Å². The Kier molecular flexibility index (Phi) is 10.2. The van der Waals surface area contributed by atoms with Crippen molar-refractivity contribution in [1.29, 1.82) is 0 Å². The van der Waals surface area contributed by atoms with E-state index < -0.39 is 23.3 Å². The van der Waals surface area contributed by atoms with Crippen LogP contribution in [0.3, 0.4) is 0 Å². The highest BCUT2D eigenvalue weighted by Crippen LogP contribution is 2.44. The minimum Gasteiger partial charge on any atom is -0.493 e. The summed E-state index contributed by atoms with van der Waals surface area (Å²) in [4.78, 5) is 0. The number of benzene rings is 1. The molecule has 2 nitrogen and oxygen atoms in total.